The van der Waals surface area contributed by atoms with Gasteiger partial charge in [-0.2, -0.15) is 0 Å². The molecule has 32 heavy (non-hydrogen) atoms. The predicted octanol–water partition coefficient (Wildman–Crippen LogP) is 4.97. The minimum atomic E-state index is -0.594. The molecule has 3 atom stereocenters. The van der Waals surface area contributed by atoms with E-state index in [1.165, 1.54) is 17.7 Å². The summed E-state index contributed by atoms with van der Waals surface area (Å²) in [5.41, 5.74) is 2.41. The van der Waals surface area contributed by atoms with Gasteiger partial charge in [-0.05, 0) is 68.9 Å². The van der Waals surface area contributed by atoms with Gasteiger partial charge >= 0.3 is 12.2 Å². The molecule has 1 aliphatic heterocycles. The minimum absolute atomic E-state index is 0.268. The van der Waals surface area contributed by atoms with Crippen LogP contribution in [0.15, 0.2) is 48.5 Å². The number of rotatable bonds is 3. The maximum Gasteiger partial charge on any atom is 0.410 e. The van der Waals surface area contributed by atoms with Crippen LogP contribution in [0.5, 0.6) is 0 Å². The number of carbonyl (C=O) groups is 2. The number of benzene rings is 2. The van der Waals surface area contributed by atoms with Crippen molar-refractivity contribution in [3.8, 4) is 0 Å². The van der Waals surface area contributed by atoms with Gasteiger partial charge in [0.05, 0.1) is 12.1 Å². The molecule has 1 saturated carbocycles. The number of fused-ring (bicyclic) bond motifs is 1. The first-order valence-corrected chi connectivity index (χ1v) is 11.0. The van der Waals surface area contributed by atoms with Crippen LogP contribution in [0.2, 0.25) is 0 Å². The maximum absolute atomic E-state index is 13.5. The smallest absolute Gasteiger partial charge is 0.410 e. The highest BCUT2D eigenvalue weighted by Gasteiger charge is 2.40. The van der Waals surface area contributed by atoms with Crippen molar-refractivity contribution >= 4 is 12.2 Å². The number of halogens is 1. The second-order valence-electron chi connectivity index (χ2n) is 9.35. The number of amides is 2. The van der Waals surface area contributed by atoms with Crippen molar-refractivity contribution in [3.05, 3.63) is 71.0 Å². The Morgan fingerprint density at radius 2 is 1.78 bits per heavy atom. The van der Waals surface area contributed by atoms with E-state index in [1.54, 1.807) is 37.8 Å². The number of nitrogens with one attached hydrogen (secondary N) is 1. The molecule has 0 aromatic heterocycles. The fraction of sp³-hybridized carbons (Fsp3) is 0.440. The van der Waals surface area contributed by atoms with Crippen molar-refractivity contribution in [2.24, 2.45) is 0 Å². The maximum atomic E-state index is 13.5. The Balaban J connectivity index is 1.48. The van der Waals surface area contributed by atoms with Gasteiger partial charge in [-0.3, -0.25) is 4.90 Å². The summed E-state index contributed by atoms with van der Waals surface area (Å²) in [6.45, 7) is 5.90. The van der Waals surface area contributed by atoms with Crippen LogP contribution in [-0.4, -0.2) is 41.4 Å². The third-order valence-corrected chi connectivity index (χ3v) is 5.87. The van der Waals surface area contributed by atoms with Crippen molar-refractivity contribution in [1.82, 2.24) is 10.2 Å². The molecular weight excluding hydrogens is 411 g/mol. The Hall–Kier alpha value is -3.09. The van der Waals surface area contributed by atoms with Crippen LogP contribution < -0.4 is 5.32 Å². The van der Waals surface area contributed by atoms with Crippen LogP contribution >= 0.6 is 0 Å². The summed E-state index contributed by atoms with van der Waals surface area (Å²) < 4.78 is 24.6. The van der Waals surface area contributed by atoms with E-state index >= 15 is 0 Å². The van der Waals surface area contributed by atoms with Crippen LogP contribution in [0.3, 0.4) is 0 Å². The second kappa shape index (κ2) is 8.81. The van der Waals surface area contributed by atoms with Gasteiger partial charge in [0.1, 0.15) is 17.5 Å². The molecule has 2 aromatic rings. The topological polar surface area (TPSA) is 67.9 Å². The molecule has 1 heterocycles. The fourth-order valence-corrected chi connectivity index (χ4v) is 4.20. The van der Waals surface area contributed by atoms with E-state index in [1.807, 2.05) is 18.2 Å². The minimum Gasteiger partial charge on any atom is -0.444 e. The van der Waals surface area contributed by atoms with E-state index in [4.69, 9.17) is 9.47 Å². The Morgan fingerprint density at radius 1 is 1.06 bits per heavy atom. The van der Waals surface area contributed by atoms with Crippen molar-refractivity contribution in [2.75, 3.05) is 6.54 Å². The van der Waals surface area contributed by atoms with Gasteiger partial charge in [0.15, 0.2) is 0 Å². The van der Waals surface area contributed by atoms with Gasteiger partial charge in [0.2, 0.25) is 0 Å². The van der Waals surface area contributed by atoms with Crippen molar-refractivity contribution in [3.63, 3.8) is 0 Å². The molecule has 0 bridgehead atoms. The lowest BCUT2D eigenvalue weighted by Crippen LogP contribution is -2.54. The number of hydrogen-bond donors (Lipinski definition) is 1. The largest absolute Gasteiger partial charge is 0.444 e. The zero-order valence-corrected chi connectivity index (χ0v) is 18.6. The molecule has 1 fully saturated rings. The van der Waals surface area contributed by atoms with Crippen LogP contribution in [0.4, 0.5) is 14.0 Å². The standard InChI is InChI=1S/C25H29FN2O4/c1-25(2,3)32-23(29)27-20-12-13-21(20)31-24(30)28-15-14-16-6-4-5-7-19(16)22(28)17-8-10-18(26)11-9-17/h4-11,20-22H,12-15H2,1-3H3,(H,27,29)/t20-,21-,22-/m0/s1. The lowest BCUT2D eigenvalue weighted by atomic mass is 9.88. The van der Waals surface area contributed by atoms with E-state index in [0.29, 0.717) is 19.4 Å². The summed E-state index contributed by atoms with van der Waals surface area (Å²) in [6, 6.07) is 13.6. The summed E-state index contributed by atoms with van der Waals surface area (Å²) in [5, 5.41) is 2.80. The quantitative estimate of drug-likeness (QED) is 0.732. The number of nitrogens with zero attached hydrogens (tertiary/aromatic N) is 1. The highest BCUT2D eigenvalue weighted by atomic mass is 19.1. The fourth-order valence-electron chi connectivity index (χ4n) is 4.20. The molecule has 7 heteroatoms. The Morgan fingerprint density at radius 3 is 2.44 bits per heavy atom. The molecule has 0 radical (unpaired) electrons. The molecule has 2 aliphatic rings. The van der Waals surface area contributed by atoms with E-state index in [2.05, 4.69) is 11.4 Å². The molecule has 2 aromatic carbocycles. The summed E-state index contributed by atoms with van der Waals surface area (Å²) in [6.07, 6.45) is 0.766. The van der Waals surface area contributed by atoms with Gasteiger partial charge in [0, 0.05) is 6.54 Å². The molecule has 0 unspecified atom stereocenters. The second-order valence-corrected chi connectivity index (χ2v) is 9.35. The summed E-state index contributed by atoms with van der Waals surface area (Å²) in [4.78, 5) is 27.0. The molecule has 1 aliphatic carbocycles. The van der Waals surface area contributed by atoms with Crippen LogP contribution in [-0.2, 0) is 15.9 Å². The number of carbonyl (C=O) groups excluding carboxylic acids is 2. The van der Waals surface area contributed by atoms with Crippen molar-refractivity contribution < 1.29 is 23.5 Å². The first-order valence-electron chi connectivity index (χ1n) is 11.0. The first kappa shape index (κ1) is 22.1. The number of alkyl carbamates (subject to hydrolysis) is 1. The third-order valence-electron chi connectivity index (χ3n) is 5.87. The zero-order valence-electron chi connectivity index (χ0n) is 18.6. The summed E-state index contributed by atoms with van der Waals surface area (Å²) in [5.74, 6) is -0.322. The zero-order chi connectivity index (χ0) is 22.9. The number of ether oxygens (including phenoxy) is 2. The number of hydrogen-bond acceptors (Lipinski definition) is 4. The van der Waals surface area contributed by atoms with E-state index in [9.17, 15) is 14.0 Å². The lowest BCUT2D eigenvalue weighted by Gasteiger charge is -2.41. The summed E-state index contributed by atoms with van der Waals surface area (Å²) >= 11 is 0. The molecule has 4 rings (SSSR count). The van der Waals surface area contributed by atoms with Gasteiger partial charge in [-0.15, -0.1) is 0 Å². The average Bonchev–Trinajstić information content (AvgIpc) is 2.73. The molecular formula is C25H29FN2O4. The molecule has 170 valence electrons. The lowest BCUT2D eigenvalue weighted by molar-refractivity contribution is -0.00965. The van der Waals surface area contributed by atoms with Crippen LogP contribution in [0, 0.1) is 5.82 Å². The first-order chi connectivity index (χ1) is 15.2. The molecule has 6 nitrogen and oxygen atoms in total. The monoisotopic (exact) mass is 440 g/mol. The van der Waals surface area contributed by atoms with Crippen LogP contribution in [0.25, 0.3) is 0 Å². The third kappa shape index (κ3) is 4.87. The van der Waals surface area contributed by atoms with Crippen molar-refractivity contribution in [1.29, 1.82) is 0 Å². The Kier molecular flexibility index (Phi) is 6.09. The molecule has 0 spiro atoms. The van der Waals surface area contributed by atoms with E-state index in [-0.39, 0.29) is 17.9 Å². The van der Waals surface area contributed by atoms with Gasteiger partial charge in [-0.1, -0.05) is 36.4 Å². The molecule has 2 amide bonds. The van der Waals surface area contributed by atoms with E-state index in [0.717, 1.165) is 17.5 Å². The van der Waals surface area contributed by atoms with Gasteiger partial charge in [-0.25, -0.2) is 14.0 Å². The van der Waals surface area contributed by atoms with Gasteiger partial charge in [0.25, 0.3) is 0 Å². The molecule has 0 saturated heterocycles. The van der Waals surface area contributed by atoms with Crippen molar-refractivity contribution in [2.45, 2.75) is 63.8 Å². The summed E-state index contributed by atoms with van der Waals surface area (Å²) in [7, 11) is 0. The van der Waals surface area contributed by atoms with Crippen LogP contribution in [0.1, 0.15) is 56.3 Å². The molecule has 1 N–H and O–H groups in total. The highest BCUT2D eigenvalue weighted by Crippen LogP contribution is 2.36. The normalized spacial score (nSPS) is 22.4. The Bertz CT molecular complexity index is 986. The SMILES string of the molecule is CC(C)(C)OC(=O)N[C@H]1CC[C@@H]1OC(=O)N1CCc2ccccc2[C@@H]1c1ccc(F)cc1. The van der Waals surface area contributed by atoms with E-state index < -0.39 is 23.9 Å². The predicted molar refractivity (Wildman–Crippen MR) is 118 cm³/mol. The Labute approximate surface area is 187 Å². The highest BCUT2D eigenvalue weighted by molar-refractivity contribution is 5.71. The average molecular weight is 441 g/mol. The van der Waals surface area contributed by atoms with Gasteiger partial charge < -0.3 is 14.8 Å².